The van der Waals surface area contributed by atoms with E-state index in [2.05, 4.69) is 20.6 Å². The van der Waals surface area contributed by atoms with E-state index in [1.54, 1.807) is 38.3 Å². The number of aromatic nitrogens is 2. The largest absolute Gasteiger partial charge is 0.493 e. The van der Waals surface area contributed by atoms with E-state index in [0.717, 1.165) is 5.56 Å². The molecule has 1 atom stereocenters. The lowest BCUT2D eigenvalue weighted by Crippen LogP contribution is -2.37. The van der Waals surface area contributed by atoms with E-state index in [0.29, 0.717) is 11.5 Å². The summed E-state index contributed by atoms with van der Waals surface area (Å²) in [4.78, 5) is 31.5. The lowest BCUT2D eigenvalue weighted by Gasteiger charge is -2.16. The Labute approximate surface area is 139 Å². The minimum Gasteiger partial charge on any atom is -0.493 e. The first-order chi connectivity index (χ1) is 11.5. The Hall–Kier alpha value is -3.16. The zero-order valence-corrected chi connectivity index (χ0v) is 13.6. The third-order valence-corrected chi connectivity index (χ3v) is 3.25. The van der Waals surface area contributed by atoms with Gasteiger partial charge >= 0.3 is 11.8 Å². The summed E-state index contributed by atoms with van der Waals surface area (Å²) in [6.07, 6.45) is 2.93. The maximum atomic E-state index is 12.0. The highest BCUT2D eigenvalue weighted by Crippen LogP contribution is 2.29. The van der Waals surface area contributed by atoms with Gasteiger partial charge in [0.15, 0.2) is 11.5 Å². The van der Waals surface area contributed by atoms with Crippen LogP contribution in [0.3, 0.4) is 0 Å². The number of carbonyl (C=O) groups excluding carboxylic acids is 2. The van der Waals surface area contributed by atoms with E-state index in [4.69, 9.17) is 9.47 Å². The van der Waals surface area contributed by atoms with Gasteiger partial charge in [-0.3, -0.25) is 14.9 Å². The van der Waals surface area contributed by atoms with Crippen molar-refractivity contribution in [3.8, 4) is 11.5 Å². The third kappa shape index (κ3) is 4.19. The Balaban J connectivity index is 2.02. The van der Waals surface area contributed by atoms with Gasteiger partial charge in [0, 0.05) is 12.4 Å². The quantitative estimate of drug-likeness (QED) is 0.801. The minimum absolute atomic E-state index is 0.0661. The van der Waals surface area contributed by atoms with Crippen LogP contribution in [0.15, 0.2) is 36.7 Å². The molecule has 1 aromatic heterocycles. The minimum atomic E-state index is -0.839. The normalized spacial score (nSPS) is 11.3. The molecule has 1 heterocycles. The van der Waals surface area contributed by atoms with Crippen molar-refractivity contribution in [3.05, 3.63) is 42.2 Å². The second kappa shape index (κ2) is 7.91. The fourth-order valence-corrected chi connectivity index (χ4v) is 1.99. The van der Waals surface area contributed by atoms with Crippen LogP contribution in [0, 0.1) is 0 Å². The van der Waals surface area contributed by atoms with Crippen molar-refractivity contribution in [2.45, 2.75) is 13.0 Å². The molecule has 0 saturated carbocycles. The number of rotatable bonds is 5. The van der Waals surface area contributed by atoms with Crippen molar-refractivity contribution in [1.82, 2.24) is 15.3 Å². The molecule has 126 valence electrons. The Morgan fingerprint density at radius 1 is 1.04 bits per heavy atom. The molecule has 0 radical (unpaired) electrons. The number of ether oxygens (including phenoxy) is 2. The zero-order valence-electron chi connectivity index (χ0n) is 13.6. The summed E-state index contributed by atoms with van der Waals surface area (Å²) in [7, 11) is 3.07. The molecule has 2 rings (SSSR count). The molecule has 2 aromatic rings. The van der Waals surface area contributed by atoms with Gasteiger partial charge in [-0.2, -0.15) is 0 Å². The molecule has 2 amide bonds. The maximum absolute atomic E-state index is 12.0. The van der Waals surface area contributed by atoms with Crippen LogP contribution in [-0.2, 0) is 9.59 Å². The molecule has 8 nitrogen and oxygen atoms in total. The average molecular weight is 330 g/mol. The van der Waals surface area contributed by atoms with E-state index >= 15 is 0 Å². The Bertz CT molecular complexity index is 721. The molecule has 1 unspecified atom stereocenters. The van der Waals surface area contributed by atoms with Gasteiger partial charge in [0.2, 0.25) is 5.95 Å². The first-order valence-electron chi connectivity index (χ1n) is 7.16. The van der Waals surface area contributed by atoms with Crippen molar-refractivity contribution < 1.29 is 19.1 Å². The molecule has 0 aliphatic heterocycles. The lowest BCUT2D eigenvalue weighted by atomic mass is 10.1. The van der Waals surface area contributed by atoms with E-state index in [1.165, 1.54) is 19.5 Å². The van der Waals surface area contributed by atoms with Crippen molar-refractivity contribution in [3.63, 3.8) is 0 Å². The predicted molar refractivity (Wildman–Crippen MR) is 86.8 cm³/mol. The number of hydrogen-bond donors (Lipinski definition) is 2. The maximum Gasteiger partial charge on any atom is 0.316 e. The molecule has 8 heteroatoms. The van der Waals surface area contributed by atoms with Gasteiger partial charge < -0.3 is 14.8 Å². The number of hydrogen-bond acceptors (Lipinski definition) is 6. The summed E-state index contributed by atoms with van der Waals surface area (Å²) >= 11 is 0. The van der Waals surface area contributed by atoms with Crippen LogP contribution in [0.5, 0.6) is 11.5 Å². The topological polar surface area (TPSA) is 102 Å². The number of amides is 2. The molecule has 0 saturated heterocycles. The highest BCUT2D eigenvalue weighted by molar-refractivity contribution is 6.39. The highest BCUT2D eigenvalue weighted by Gasteiger charge is 2.19. The van der Waals surface area contributed by atoms with Crippen LogP contribution in [0.4, 0.5) is 5.95 Å². The van der Waals surface area contributed by atoms with Gasteiger partial charge in [-0.05, 0) is 30.7 Å². The number of anilines is 1. The Morgan fingerprint density at radius 3 is 2.33 bits per heavy atom. The van der Waals surface area contributed by atoms with Crippen LogP contribution in [0.25, 0.3) is 0 Å². The van der Waals surface area contributed by atoms with E-state index in [9.17, 15) is 9.59 Å². The third-order valence-electron chi connectivity index (χ3n) is 3.25. The summed E-state index contributed by atoms with van der Waals surface area (Å²) in [5.74, 6) is -0.438. The van der Waals surface area contributed by atoms with Crippen LogP contribution in [-0.4, -0.2) is 36.0 Å². The van der Waals surface area contributed by atoms with E-state index in [-0.39, 0.29) is 5.95 Å². The molecule has 0 aliphatic rings. The van der Waals surface area contributed by atoms with Gasteiger partial charge in [-0.1, -0.05) is 6.07 Å². The second-order valence-electron chi connectivity index (χ2n) is 4.84. The standard InChI is InChI=1S/C16H18N4O4/c1-10(11-5-6-12(23-2)13(9-11)24-3)19-14(21)15(22)20-16-17-7-4-8-18-16/h4-10H,1-3H3,(H,19,21)(H,17,18,20,22). The van der Waals surface area contributed by atoms with Crippen LogP contribution >= 0.6 is 0 Å². The molecule has 0 spiro atoms. The summed E-state index contributed by atoms with van der Waals surface area (Å²) in [5.41, 5.74) is 0.768. The number of carbonyl (C=O) groups is 2. The Morgan fingerprint density at radius 2 is 1.71 bits per heavy atom. The summed E-state index contributed by atoms with van der Waals surface area (Å²) < 4.78 is 10.4. The molecule has 0 bridgehead atoms. The van der Waals surface area contributed by atoms with E-state index in [1.807, 2.05) is 0 Å². The fraction of sp³-hybridized carbons (Fsp3) is 0.250. The Kier molecular flexibility index (Phi) is 5.67. The smallest absolute Gasteiger partial charge is 0.316 e. The zero-order chi connectivity index (χ0) is 17.5. The van der Waals surface area contributed by atoms with Crippen LogP contribution in [0.1, 0.15) is 18.5 Å². The van der Waals surface area contributed by atoms with Crippen molar-refractivity contribution in [2.75, 3.05) is 19.5 Å². The first-order valence-corrected chi connectivity index (χ1v) is 7.16. The first kappa shape index (κ1) is 17.2. The summed E-state index contributed by atoms with van der Waals surface area (Å²) in [6.45, 7) is 1.76. The highest BCUT2D eigenvalue weighted by atomic mass is 16.5. The molecular formula is C16H18N4O4. The van der Waals surface area contributed by atoms with Crippen molar-refractivity contribution in [1.29, 1.82) is 0 Å². The van der Waals surface area contributed by atoms with Gasteiger partial charge in [0.25, 0.3) is 0 Å². The predicted octanol–water partition coefficient (Wildman–Crippen LogP) is 1.31. The average Bonchev–Trinajstić information content (AvgIpc) is 2.61. The van der Waals surface area contributed by atoms with Gasteiger partial charge in [0.1, 0.15) is 0 Å². The molecule has 0 aliphatic carbocycles. The van der Waals surface area contributed by atoms with Gasteiger partial charge in [-0.25, -0.2) is 9.97 Å². The monoisotopic (exact) mass is 330 g/mol. The number of methoxy groups -OCH3 is 2. The SMILES string of the molecule is COc1ccc(C(C)NC(=O)C(=O)Nc2ncccn2)cc1OC. The molecule has 24 heavy (non-hydrogen) atoms. The molecule has 1 aromatic carbocycles. The number of nitrogens with zero attached hydrogens (tertiary/aromatic N) is 2. The van der Waals surface area contributed by atoms with Crippen molar-refractivity contribution >= 4 is 17.8 Å². The second-order valence-corrected chi connectivity index (χ2v) is 4.84. The van der Waals surface area contributed by atoms with Gasteiger partial charge in [0.05, 0.1) is 20.3 Å². The number of benzene rings is 1. The summed E-state index contributed by atoms with van der Waals surface area (Å²) in [6, 6.07) is 6.45. The fourth-order valence-electron chi connectivity index (χ4n) is 1.99. The summed E-state index contributed by atoms with van der Waals surface area (Å²) in [5, 5.41) is 4.92. The van der Waals surface area contributed by atoms with Gasteiger partial charge in [-0.15, -0.1) is 0 Å². The molecule has 2 N–H and O–H groups in total. The lowest BCUT2D eigenvalue weighted by molar-refractivity contribution is -0.136. The molecular weight excluding hydrogens is 312 g/mol. The van der Waals surface area contributed by atoms with Crippen LogP contribution < -0.4 is 20.1 Å². The number of nitrogens with one attached hydrogen (secondary N) is 2. The van der Waals surface area contributed by atoms with Crippen molar-refractivity contribution in [2.24, 2.45) is 0 Å². The van der Waals surface area contributed by atoms with Crippen LogP contribution in [0.2, 0.25) is 0 Å². The van der Waals surface area contributed by atoms with E-state index < -0.39 is 17.9 Å². The molecule has 0 fully saturated rings.